The van der Waals surface area contributed by atoms with Crippen LogP contribution >= 0.6 is 0 Å². The van der Waals surface area contributed by atoms with Gasteiger partial charge in [0.15, 0.2) is 0 Å². The van der Waals surface area contributed by atoms with Crippen molar-refractivity contribution >= 4 is 17.5 Å². The summed E-state index contributed by atoms with van der Waals surface area (Å²) in [5.41, 5.74) is 7.71. The molecule has 0 saturated carbocycles. The maximum absolute atomic E-state index is 12.9. The molecular formula is C20H24FN3O2. The van der Waals surface area contributed by atoms with E-state index in [1.165, 1.54) is 24.3 Å². The van der Waals surface area contributed by atoms with Gasteiger partial charge < -0.3 is 16.4 Å². The van der Waals surface area contributed by atoms with Crippen molar-refractivity contribution in [3.8, 4) is 0 Å². The van der Waals surface area contributed by atoms with E-state index in [2.05, 4.69) is 10.6 Å². The highest BCUT2D eigenvalue weighted by Crippen LogP contribution is 2.13. The molecule has 0 saturated heterocycles. The summed E-state index contributed by atoms with van der Waals surface area (Å²) < 4.78 is 12.9. The molecule has 2 atom stereocenters. The van der Waals surface area contributed by atoms with Gasteiger partial charge in [-0.15, -0.1) is 0 Å². The van der Waals surface area contributed by atoms with E-state index in [-0.39, 0.29) is 17.7 Å². The topological polar surface area (TPSA) is 84.2 Å². The molecule has 0 heterocycles. The number of hydrogen-bond acceptors (Lipinski definition) is 3. The van der Waals surface area contributed by atoms with E-state index in [0.717, 1.165) is 12.0 Å². The average Bonchev–Trinajstić information content (AvgIpc) is 2.65. The molecule has 4 N–H and O–H groups in total. The van der Waals surface area contributed by atoms with Gasteiger partial charge in [-0.1, -0.05) is 32.4 Å². The van der Waals surface area contributed by atoms with Crippen LogP contribution in [0.1, 0.15) is 36.2 Å². The maximum atomic E-state index is 12.9. The molecule has 2 rings (SSSR count). The molecular weight excluding hydrogens is 333 g/mol. The Bertz CT molecular complexity index is 762. The molecule has 5 nitrogen and oxygen atoms in total. The first-order chi connectivity index (χ1) is 12.4. The van der Waals surface area contributed by atoms with Gasteiger partial charge in [0.05, 0.1) is 6.04 Å². The molecule has 2 aromatic rings. The zero-order valence-electron chi connectivity index (χ0n) is 15.0. The molecule has 0 spiro atoms. The summed E-state index contributed by atoms with van der Waals surface area (Å²) in [6, 6.07) is 11.9. The minimum Gasteiger partial charge on any atom is -0.351 e. The second kappa shape index (κ2) is 9.10. The van der Waals surface area contributed by atoms with Gasteiger partial charge in [-0.2, -0.15) is 0 Å². The summed E-state index contributed by atoms with van der Waals surface area (Å²) in [5.74, 6) is -0.809. The minimum absolute atomic E-state index is 0.108. The van der Waals surface area contributed by atoms with Gasteiger partial charge in [0.2, 0.25) is 5.91 Å². The van der Waals surface area contributed by atoms with Crippen molar-refractivity contribution in [2.75, 3.05) is 5.32 Å². The van der Waals surface area contributed by atoms with E-state index < -0.39 is 11.9 Å². The number of carbonyl (C=O) groups excluding carboxylic acids is 2. The van der Waals surface area contributed by atoms with Gasteiger partial charge in [0.25, 0.3) is 5.91 Å². The Morgan fingerprint density at radius 3 is 2.50 bits per heavy atom. The highest BCUT2D eigenvalue weighted by Gasteiger charge is 2.18. The molecule has 2 unspecified atom stereocenters. The van der Waals surface area contributed by atoms with Crippen LogP contribution in [0.4, 0.5) is 10.1 Å². The standard InChI is InChI=1S/C20H24FN3O2/c1-3-13(2)18(22)20(26)23-12-14-5-4-6-17(11-14)24-19(25)15-7-9-16(21)10-8-15/h4-11,13,18H,3,12,22H2,1-2H3,(H,23,26)(H,24,25). The second-order valence-electron chi connectivity index (χ2n) is 6.29. The number of rotatable bonds is 7. The van der Waals surface area contributed by atoms with Gasteiger partial charge in [-0.25, -0.2) is 4.39 Å². The van der Waals surface area contributed by atoms with Gasteiger partial charge >= 0.3 is 0 Å². The number of nitrogens with two attached hydrogens (primary N) is 1. The van der Waals surface area contributed by atoms with Crippen molar-refractivity contribution in [1.29, 1.82) is 0 Å². The quantitative estimate of drug-likeness (QED) is 0.712. The van der Waals surface area contributed by atoms with Crippen molar-refractivity contribution in [2.24, 2.45) is 11.7 Å². The number of nitrogens with one attached hydrogen (secondary N) is 2. The first-order valence-corrected chi connectivity index (χ1v) is 8.60. The summed E-state index contributed by atoms with van der Waals surface area (Å²) in [4.78, 5) is 24.2. The average molecular weight is 357 g/mol. The van der Waals surface area contributed by atoms with Crippen molar-refractivity contribution < 1.29 is 14.0 Å². The lowest BCUT2D eigenvalue weighted by molar-refractivity contribution is -0.123. The Kier molecular flexibility index (Phi) is 6.86. The molecule has 0 radical (unpaired) electrons. The lowest BCUT2D eigenvalue weighted by Gasteiger charge is -2.17. The van der Waals surface area contributed by atoms with Crippen molar-refractivity contribution in [2.45, 2.75) is 32.9 Å². The Balaban J connectivity index is 1.96. The second-order valence-corrected chi connectivity index (χ2v) is 6.29. The third-order valence-electron chi connectivity index (χ3n) is 4.32. The number of anilines is 1. The fourth-order valence-corrected chi connectivity index (χ4v) is 2.38. The SMILES string of the molecule is CCC(C)C(N)C(=O)NCc1cccc(NC(=O)c2ccc(F)cc2)c1. The zero-order chi connectivity index (χ0) is 19.1. The molecule has 6 heteroatoms. The number of carbonyl (C=O) groups is 2. The maximum Gasteiger partial charge on any atom is 0.255 e. The van der Waals surface area contributed by atoms with E-state index >= 15 is 0 Å². The van der Waals surface area contributed by atoms with Crippen LogP contribution in [0.2, 0.25) is 0 Å². The molecule has 0 aliphatic carbocycles. The Labute approximate surface area is 152 Å². The third-order valence-corrected chi connectivity index (χ3v) is 4.32. The summed E-state index contributed by atoms with van der Waals surface area (Å²) >= 11 is 0. The minimum atomic E-state index is -0.540. The Morgan fingerprint density at radius 2 is 1.85 bits per heavy atom. The summed E-state index contributed by atoms with van der Waals surface area (Å²) in [5, 5.41) is 5.57. The highest BCUT2D eigenvalue weighted by atomic mass is 19.1. The largest absolute Gasteiger partial charge is 0.351 e. The van der Waals surface area contributed by atoms with Crippen molar-refractivity contribution in [3.05, 3.63) is 65.5 Å². The van der Waals surface area contributed by atoms with Gasteiger partial charge in [0, 0.05) is 17.8 Å². The van der Waals surface area contributed by atoms with Crippen LogP contribution in [0.3, 0.4) is 0 Å². The summed E-state index contributed by atoms with van der Waals surface area (Å²) in [6.07, 6.45) is 0.833. The van der Waals surface area contributed by atoms with E-state index in [0.29, 0.717) is 17.8 Å². The summed E-state index contributed by atoms with van der Waals surface area (Å²) in [6.45, 7) is 4.25. The molecule has 0 aromatic heterocycles. The first kappa shape index (κ1) is 19.6. The normalized spacial score (nSPS) is 12.9. The number of benzene rings is 2. The Morgan fingerprint density at radius 1 is 1.15 bits per heavy atom. The molecule has 0 aliphatic heterocycles. The predicted molar refractivity (Wildman–Crippen MR) is 100 cm³/mol. The lowest BCUT2D eigenvalue weighted by Crippen LogP contribution is -2.44. The van der Waals surface area contributed by atoms with Crippen LogP contribution in [-0.4, -0.2) is 17.9 Å². The van der Waals surface area contributed by atoms with Crippen LogP contribution < -0.4 is 16.4 Å². The number of halogens is 1. The van der Waals surface area contributed by atoms with Gasteiger partial charge in [-0.3, -0.25) is 9.59 Å². The summed E-state index contributed by atoms with van der Waals surface area (Å²) in [7, 11) is 0. The van der Waals surface area contributed by atoms with Crippen LogP contribution in [0.25, 0.3) is 0 Å². The predicted octanol–water partition coefficient (Wildman–Crippen LogP) is 3.07. The van der Waals surface area contributed by atoms with E-state index in [1.807, 2.05) is 19.9 Å². The third kappa shape index (κ3) is 5.39. The van der Waals surface area contributed by atoms with Crippen LogP contribution in [0.5, 0.6) is 0 Å². The van der Waals surface area contributed by atoms with Crippen molar-refractivity contribution in [3.63, 3.8) is 0 Å². The molecule has 2 aromatic carbocycles. The monoisotopic (exact) mass is 357 g/mol. The van der Waals surface area contributed by atoms with E-state index in [1.54, 1.807) is 18.2 Å². The van der Waals surface area contributed by atoms with Gasteiger partial charge in [-0.05, 0) is 47.9 Å². The molecule has 138 valence electrons. The van der Waals surface area contributed by atoms with E-state index in [9.17, 15) is 14.0 Å². The molecule has 26 heavy (non-hydrogen) atoms. The molecule has 2 amide bonds. The van der Waals surface area contributed by atoms with Gasteiger partial charge in [0.1, 0.15) is 5.82 Å². The Hall–Kier alpha value is -2.73. The molecule has 0 fully saturated rings. The first-order valence-electron chi connectivity index (χ1n) is 8.60. The lowest BCUT2D eigenvalue weighted by atomic mass is 9.99. The highest BCUT2D eigenvalue weighted by molar-refractivity contribution is 6.04. The zero-order valence-corrected chi connectivity index (χ0v) is 15.0. The smallest absolute Gasteiger partial charge is 0.255 e. The van der Waals surface area contributed by atoms with Crippen molar-refractivity contribution in [1.82, 2.24) is 5.32 Å². The number of hydrogen-bond donors (Lipinski definition) is 3. The van der Waals surface area contributed by atoms with Crippen LogP contribution in [0.15, 0.2) is 48.5 Å². The van der Waals surface area contributed by atoms with Crippen LogP contribution in [-0.2, 0) is 11.3 Å². The van der Waals surface area contributed by atoms with E-state index in [4.69, 9.17) is 5.73 Å². The molecule has 0 bridgehead atoms. The fraction of sp³-hybridized carbons (Fsp3) is 0.300. The molecule has 0 aliphatic rings. The van der Waals surface area contributed by atoms with Crippen LogP contribution in [0, 0.1) is 11.7 Å². The fourth-order valence-electron chi connectivity index (χ4n) is 2.38. The number of amides is 2.